The second-order valence-corrected chi connectivity index (χ2v) is 18.8. The van der Waals surface area contributed by atoms with E-state index in [1.54, 1.807) is 60.7 Å². The lowest BCUT2D eigenvalue weighted by molar-refractivity contribution is -0.148. The number of hydrogen-bond acceptors (Lipinski definition) is 18. The van der Waals surface area contributed by atoms with Gasteiger partial charge in [0, 0.05) is 58.0 Å². The summed E-state index contributed by atoms with van der Waals surface area (Å²) < 4.78 is 46.0. The molecular weight excluding hydrogens is 1060 g/mol. The molecule has 0 heterocycles. The Morgan fingerprint density at radius 1 is 0.537 bits per heavy atom. The van der Waals surface area contributed by atoms with Gasteiger partial charge in [0.15, 0.2) is 0 Å². The van der Waals surface area contributed by atoms with Crippen LogP contribution in [0.1, 0.15) is 77.3 Å². The highest BCUT2D eigenvalue weighted by Gasteiger charge is 2.22. The highest BCUT2D eigenvalue weighted by molar-refractivity contribution is 5.93. The molecule has 0 bridgehead atoms. The Labute approximate surface area is 471 Å². The van der Waals surface area contributed by atoms with Gasteiger partial charge in [0.1, 0.15) is 100 Å². The average molecular weight is 1120 g/mol. The zero-order valence-electron chi connectivity index (χ0n) is 45.0. The van der Waals surface area contributed by atoms with Gasteiger partial charge in [-0.3, -0.25) is 9.59 Å². The van der Waals surface area contributed by atoms with Gasteiger partial charge in [0.2, 0.25) is 0 Å². The van der Waals surface area contributed by atoms with Crippen molar-refractivity contribution in [1.29, 1.82) is 0 Å². The topological polar surface area (TPSA) is 321 Å². The first kappa shape index (κ1) is 61.9. The molecule has 0 spiro atoms. The van der Waals surface area contributed by atoms with Crippen LogP contribution in [0.2, 0.25) is 0 Å². The largest absolute Gasteiger partial charge is 0.491 e. The Bertz CT molecular complexity index is 3320. The number of nitrogens with zero attached hydrogens (tertiary/aromatic N) is 6. The summed E-state index contributed by atoms with van der Waals surface area (Å²) in [6.07, 6.45) is 2.61. The lowest BCUT2D eigenvalue weighted by Crippen LogP contribution is -2.26. The number of carbonyl (C=O) groups excluding carboxylic acids is 4. The van der Waals surface area contributed by atoms with Gasteiger partial charge in [0.05, 0.1) is 11.1 Å². The Balaban J connectivity index is 1.30. The normalized spacial score (nSPS) is 12.2. The van der Waals surface area contributed by atoms with Crippen molar-refractivity contribution in [2.45, 2.75) is 76.3 Å². The summed E-state index contributed by atoms with van der Waals surface area (Å²) in [5.74, 6) is 1.17. The number of fused-ring (bicyclic) bond motifs is 2. The van der Waals surface area contributed by atoms with E-state index in [1.165, 1.54) is 48.5 Å². The minimum absolute atomic E-state index is 0.0162. The average Bonchev–Trinajstić information content (AvgIpc) is 3.58. The van der Waals surface area contributed by atoms with Crippen LogP contribution < -0.4 is 18.9 Å². The Morgan fingerprint density at radius 2 is 0.927 bits per heavy atom. The minimum atomic E-state index is -1.33. The van der Waals surface area contributed by atoms with E-state index >= 15 is 0 Å². The number of terminal acetylenes is 1. The molecule has 6 aromatic carbocycles. The predicted molar refractivity (Wildman–Crippen MR) is 301 cm³/mol. The molecule has 0 saturated carbocycles. The fourth-order valence-electron chi connectivity index (χ4n) is 7.96. The summed E-state index contributed by atoms with van der Waals surface area (Å²) in [6.45, 7) is 2.95. The Morgan fingerprint density at radius 3 is 1.33 bits per heavy atom. The van der Waals surface area contributed by atoms with Gasteiger partial charge in [-0.05, 0) is 119 Å². The molecule has 4 unspecified atom stereocenters. The third kappa shape index (κ3) is 19.8. The summed E-state index contributed by atoms with van der Waals surface area (Å²) in [5.41, 5.74) is 20.3. The van der Waals surface area contributed by atoms with Gasteiger partial charge in [-0.15, -0.1) is 18.9 Å². The standard InChI is InChI=1S/C60H62N6O16/c1-4-5-6-9-57(71)79-34-45(67)30-75-49-23-15-39-17-25-55(77-32-47(69)36-81-59(73)41-11-19-43(20-12-41)63-65-61)53(51(39)27-49)29-54-52-28-50(76-31-46(68)35-80-58(72)10-7-8-38(2)3)24-16-40(52)18-26-56(54)78-33-48(70)37-82-60(74)42-13-21-44(22-14-42)64-66-62/h1,11-28,45-48,67-70H,2,5-10,29-37H2,3H3. The molecule has 0 radical (unpaired) electrons. The zero-order chi connectivity index (χ0) is 58.8. The smallest absolute Gasteiger partial charge is 0.338 e. The zero-order valence-corrected chi connectivity index (χ0v) is 45.0. The molecule has 0 fully saturated rings. The molecule has 0 amide bonds. The van der Waals surface area contributed by atoms with Crippen LogP contribution in [0.25, 0.3) is 42.4 Å². The van der Waals surface area contributed by atoms with Crippen molar-refractivity contribution in [3.8, 4) is 35.3 Å². The van der Waals surface area contributed by atoms with E-state index in [0.717, 1.165) is 5.57 Å². The monoisotopic (exact) mass is 1120 g/mol. The van der Waals surface area contributed by atoms with Gasteiger partial charge >= 0.3 is 23.9 Å². The second-order valence-electron chi connectivity index (χ2n) is 18.8. The summed E-state index contributed by atoms with van der Waals surface area (Å²) in [6, 6.07) is 28.8. The predicted octanol–water partition coefficient (Wildman–Crippen LogP) is 9.78. The maximum absolute atomic E-state index is 12.9. The number of esters is 4. The quantitative estimate of drug-likeness (QED) is 0.00435. The van der Waals surface area contributed by atoms with Crippen LogP contribution in [0.3, 0.4) is 0 Å². The Hall–Kier alpha value is -9.32. The molecule has 0 aliphatic rings. The fraction of sp³-hybridized carbons (Fsp3) is 0.333. The molecular formula is C60H62N6O16. The van der Waals surface area contributed by atoms with Crippen LogP contribution in [0.15, 0.2) is 132 Å². The summed E-state index contributed by atoms with van der Waals surface area (Å²) in [4.78, 5) is 55.8. The van der Waals surface area contributed by atoms with Crippen molar-refractivity contribution in [2.75, 3.05) is 52.9 Å². The molecule has 82 heavy (non-hydrogen) atoms. The minimum Gasteiger partial charge on any atom is -0.491 e. The number of ether oxygens (including phenoxy) is 8. The van der Waals surface area contributed by atoms with Crippen molar-refractivity contribution in [3.63, 3.8) is 0 Å². The number of aliphatic hydroxyl groups is 4. The fourth-order valence-corrected chi connectivity index (χ4v) is 7.96. The van der Waals surface area contributed by atoms with Gasteiger partial charge in [-0.1, -0.05) is 64.3 Å². The van der Waals surface area contributed by atoms with Crippen molar-refractivity contribution >= 4 is 56.8 Å². The molecule has 0 saturated heterocycles. The number of benzene rings is 6. The molecule has 0 aliphatic heterocycles. The molecule has 4 N–H and O–H groups in total. The van der Waals surface area contributed by atoms with Gasteiger partial charge in [0.25, 0.3) is 0 Å². The molecule has 22 nitrogen and oxygen atoms in total. The third-order valence-corrected chi connectivity index (χ3v) is 12.1. The van der Waals surface area contributed by atoms with E-state index < -0.39 is 61.5 Å². The Kier molecular flexibility index (Phi) is 24.2. The van der Waals surface area contributed by atoms with Crippen molar-refractivity contribution in [1.82, 2.24) is 0 Å². The first-order chi connectivity index (χ1) is 39.6. The van der Waals surface area contributed by atoms with Crippen molar-refractivity contribution < 1.29 is 77.5 Å². The molecule has 4 atom stereocenters. The number of carbonyl (C=O) groups is 4. The van der Waals surface area contributed by atoms with Crippen LogP contribution >= 0.6 is 0 Å². The summed E-state index contributed by atoms with van der Waals surface area (Å²) in [7, 11) is 0. The second kappa shape index (κ2) is 32.1. The molecule has 428 valence electrons. The van der Waals surface area contributed by atoms with Crippen molar-refractivity contribution in [2.24, 2.45) is 10.2 Å². The van der Waals surface area contributed by atoms with E-state index in [0.29, 0.717) is 81.2 Å². The van der Waals surface area contributed by atoms with Crippen molar-refractivity contribution in [3.05, 3.63) is 164 Å². The molecule has 6 rings (SSSR count). The van der Waals surface area contributed by atoms with Crippen LogP contribution in [0.5, 0.6) is 23.0 Å². The van der Waals surface area contributed by atoms with Gasteiger partial charge in [-0.25, -0.2) is 9.59 Å². The molecule has 22 heteroatoms. The summed E-state index contributed by atoms with van der Waals surface area (Å²) in [5, 5.41) is 53.4. The summed E-state index contributed by atoms with van der Waals surface area (Å²) >= 11 is 0. The maximum atomic E-state index is 12.9. The first-order valence-electron chi connectivity index (χ1n) is 26.0. The van der Waals surface area contributed by atoms with Crippen LogP contribution in [-0.2, 0) is 35.0 Å². The molecule has 6 aromatic rings. The third-order valence-electron chi connectivity index (χ3n) is 12.1. The van der Waals surface area contributed by atoms with E-state index in [4.69, 9.17) is 55.4 Å². The van der Waals surface area contributed by atoms with E-state index in [-0.39, 0.29) is 81.5 Å². The van der Waals surface area contributed by atoms with Gasteiger partial charge in [-0.2, -0.15) is 0 Å². The van der Waals surface area contributed by atoms with Crippen LogP contribution in [0, 0.1) is 12.3 Å². The number of aliphatic hydroxyl groups excluding tert-OH is 4. The maximum Gasteiger partial charge on any atom is 0.338 e. The molecule has 0 aromatic heterocycles. The SMILES string of the molecule is C#CCCCC(=O)OCC(O)COc1ccc2ccc(OCC(O)COC(=O)c3ccc(N=[N+]=[N-])cc3)c(Cc3c(OCC(O)COC(=O)c4ccc(N=[N+]=[N-])cc4)ccc4ccc(OCC(O)COC(=O)CCCC(=C)C)cc34)c2c1. The van der Waals surface area contributed by atoms with Crippen LogP contribution in [-0.4, -0.2) is 122 Å². The van der Waals surface area contributed by atoms with E-state index in [1.807, 2.05) is 6.92 Å². The first-order valence-corrected chi connectivity index (χ1v) is 26.0. The number of unbranched alkanes of at least 4 members (excludes halogenated alkanes) is 1. The lowest BCUT2D eigenvalue weighted by Gasteiger charge is -2.21. The number of rotatable bonds is 33. The van der Waals surface area contributed by atoms with E-state index in [2.05, 4.69) is 32.6 Å². The number of allylic oxidation sites excluding steroid dienone is 1. The lowest BCUT2D eigenvalue weighted by atomic mass is 9.93. The molecule has 0 aliphatic carbocycles. The van der Waals surface area contributed by atoms with E-state index in [9.17, 15) is 39.6 Å². The number of hydrogen-bond donors (Lipinski definition) is 4. The highest BCUT2D eigenvalue weighted by Crippen LogP contribution is 2.39. The highest BCUT2D eigenvalue weighted by atomic mass is 16.6. The van der Waals surface area contributed by atoms with Gasteiger partial charge < -0.3 is 58.3 Å². The number of azide groups is 2. The van der Waals surface area contributed by atoms with Crippen LogP contribution in [0.4, 0.5) is 11.4 Å².